The van der Waals surface area contributed by atoms with Crippen LogP contribution in [0.3, 0.4) is 0 Å². The molecule has 0 aromatic heterocycles. The Morgan fingerprint density at radius 1 is 0.739 bits per heavy atom. The van der Waals surface area contributed by atoms with E-state index in [0.29, 0.717) is 17.0 Å². The van der Waals surface area contributed by atoms with E-state index in [-0.39, 0.29) is 17.2 Å². The van der Waals surface area contributed by atoms with Crippen LogP contribution >= 0.6 is 0 Å². The van der Waals surface area contributed by atoms with Crippen LogP contribution in [-0.2, 0) is 21.9 Å². The molecule has 2 amide bonds. The molecule has 3 nitrogen and oxygen atoms in total. The highest BCUT2D eigenvalue weighted by Crippen LogP contribution is 2.39. The second-order valence-corrected chi connectivity index (χ2v) is 4.96. The van der Waals surface area contributed by atoms with Crippen LogP contribution in [-0.4, -0.2) is 11.8 Å². The van der Waals surface area contributed by atoms with Gasteiger partial charge in [-0.3, -0.25) is 9.59 Å². The second-order valence-electron chi connectivity index (χ2n) is 4.96. The normalized spacial score (nSPS) is 16.6. The zero-order valence-electron chi connectivity index (χ0n) is 11.8. The monoisotopic (exact) mass is 337 g/mol. The SMILES string of the molecule is CC1=C(C)C(=O)N(c2cc(C(F)(F)F)cc(C(F)(F)F)c2)C1=O. The van der Waals surface area contributed by atoms with Crippen LogP contribution in [0.25, 0.3) is 0 Å². The molecule has 1 aromatic rings. The van der Waals surface area contributed by atoms with Gasteiger partial charge in [0.15, 0.2) is 0 Å². The van der Waals surface area contributed by atoms with Crippen molar-refractivity contribution in [2.75, 3.05) is 4.90 Å². The topological polar surface area (TPSA) is 37.4 Å². The molecule has 2 rings (SSSR count). The van der Waals surface area contributed by atoms with Crippen molar-refractivity contribution in [1.29, 1.82) is 0 Å². The minimum Gasteiger partial charge on any atom is -0.269 e. The Hall–Kier alpha value is -2.32. The Labute approximate surface area is 126 Å². The molecule has 0 spiro atoms. The fourth-order valence-electron chi connectivity index (χ4n) is 2.05. The van der Waals surface area contributed by atoms with Gasteiger partial charge in [-0.25, -0.2) is 4.90 Å². The van der Waals surface area contributed by atoms with Gasteiger partial charge in [0.05, 0.1) is 16.8 Å². The smallest absolute Gasteiger partial charge is 0.269 e. The van der Waals surface area contributed by atoms with Crippen molar-refractivity contribution in [3.63, 3.8) is 0 Å². The third-order valence-electron chi connectivity index (χ3n) is 3.44. The number of carbonyl (C=O) groups excluding carboxylic acids is 2. The predicted octanol–water partition coefficient (Wildman–Crippen LogP) is 3.93. The number of hydrogen-bond acceptors (Lipinski definition) is 2. The number of nitrogens with zero attached hydrogens (tertiary/aromatic N) is 1. The van der Waals surface area contributed by atoms with Crippen LogP contribution in [0.2, 0.25) is 0 Å². The number of rotatable bonds is 1. The zero-order chi connectivity index (χ0) is 17.7. The van der Waals surface area contributed by atoms with E-state index in [0.717, 1.165) is 0 Å². The van der Waals surface area contributed by atoms with Crippen LogP contribution in [0.4, 0.5) is 32.0 Å². The third-order valence-corrected chi connectivity index (χ3v) is 3.44. The summed E-state index contributed by atoms with van der Waals surface area (Å²) in [6.45, 7) is 2.54. The van der Waals surface area contributed by atoms with Gasteiger partial charge < -0.3 is 0 Å². The zero-order valence-corrected chi connectivity index (χ0v) is 11.8. The third kappa shape index (κ3) is 2.95. The standard InChI is InChI=1S/C14H9F6NO2/c1-6-7(2)12(23)21(11(6)22)10-4-8(13(15,16)17)3-9(5-10)14(18,19)20/h3-5H,1-2H3. The van der Waals surface area contributed by atoms with Crippen LogP contribution in [0.15, 0.2) is 29.3 Å². The number of hydrogen-bond donors (Lipinski definition) is 0. The maximum absolute atomic E-state index is 12.8. The van der Waals surface area contributed by atoms with E-state index >= 15 is 0 Å². The average molecular weight is 337 g/mol. The molecule has 1 aliphatic heterocycles. The number of benzene rings is 1. The van der Waals surface area contributed by atoms with E-state index in [2.05, 4.69) is 0 Å². The summed E-state index contributed by atoms with van der Waals surface area (Å²) in [5, 5.41) is 0. The lowest BCUT2D eigenvalue weighted by Gasteiger charge is -2.19. The molecule has 0 saturated carbocycles. The Balaban J connectivity index is 2.65. The number of anilines is 1. The fourth-order valence-corrected chi connectivity index (χ4v) is 2.05. The summed E-state index contributed by atoms with van der Waals surface area (Å²) in [7, 11) is 0. The molecule has 0 aliphatic carbocycles. The van der Waals surface area contributed by atoms with E-state index in [9.17, 15) is 35.9 Å². The van der Waals surface area contributed by atoms with Crippen LogP contribution < -0.4 is 4.90 Å². The minimum atomic E-state index is -5.06. The van der Waals surface area contributed by atoms with Gasteiger partial charge in [0.25, 0.3) is 11.8 Å². The van der Waals surface area contributed by atoms with E-state index in [1.54, 1.807) is 0 Å². The largest absolute Gasteiger partial charge is 0.416 e. The molecule has 1 aliphatic rings. The van der Waals surface area contributed by atoms with Gasteiger partial charge in [-0.1, -0.05) is 0 Å². The molecular formula is C14H9F6NO2. The quantitative estimate of drug-likeness (QED) is 0.575. The molecule has 1 heterocycles. The van der Waals surface area contributed by atoms with Gasteiger partial charge in [-0.15, -0.1) is 0 Å². The van der Waals surface area contributed by atoms with Crippen LogP contribution in [0.1, 0.15) is 25.0 Å². The molecule has 0 fully saturated rings. The van der Waals surface area contributed by atoms with Gasteiger partial charge in [-0.2, -0.15) is 26.3 Å². The molecule has 0 unspecified atom stereocenters. The molecule has 0 bridgehead atoms. The Morgan fingerprint density at radius 2 is 1.09 bits per heavy atom. The first kappa shape index (κ1) is 17.0. The van der Waals surface area contributed by atoms with E-state index in [1.165, 1.54) is 13.8 Å². The second kappa shape index (κ2) is 5.10. The first-order chi connectivity index (χ1) is 10.3. The molecule has 23 heavy (non-hydrogen) atoms. The van der Waals surface area contributed by atoms with Crippen molar-refractivity contribution in [2.24, 2.45) is 0 Å². The first-order valence-corrected chi connectivity index (χ1v) is 6.20. The molecular weight excluding hydrogens is 328 g/mol. The van der Waals surface area contributed by atoms with Crippen molar-refractivity contribution in [3.8, 4) is 0 Å². The molecule has 0 saturated heterocycles. The van der Waals surface area contributed by atoms with Crippen molar-refractivity contribution in [1.82, 2.24) is 0 Å². The molecule has 0 N–H and O–H groups in total. The highest BCUT2D eigenvalue weighted by molar-refractivity contribution is 6.32. The van der Waals surface area contributed by atoms with Crippen molar-refractivity contribution >= 4 is 17.5 Å². The lowest BCUT2D eigenvalue weighted by Crippen LogP contribution is -2.32. The highest BCUT2D eigenvalue weighted by atomic mass is 19.4. The fraction of sp³-hybridized carbons (Fsp3) is 0.286. The summed E-state index contributed by atoms with van der Waals surface area (Å²) in [4.78, 5) is 24.2. The Morgan fingerprint density at radius 3 is 1.39 bits per heavy atom. The Bertz CT molecular complexity index is 674. The molecule has 0 radical (unpaired) electrons. The van der Waals surface area contributed by atoms with Gasteiger partial charge in [-0.05, 0) is 32.0 Å². The summed E-state index contributed by atoms with van der Waals surface area (Å²) in [6.07, 6.45) is -10.1. The molecule has 124 valence electrons. The lowest BCUT2D eigenvalue weighted by molar-refractivity contribution is -0.143. The van der Waals surface area contributed by atoms with E-state index in [1.807, 2.05) is 0 Å². The number of imide groups is 1. The van der Waals surface area contributed by atoms with Crippen LogP contribution in [0, 0.1) is 0 Å². The number of carbonyl (C=O) groups is 2. The number of halogens is 6. The Kier molecular flexibility index (Phi) is 3.78. The summed E-state index contributed by atoms with van der Waals surface area (Å²) in [5.41, 5.74) is -4.00. The maximum Gasteiger partial charge on any atom is 0.416 e. The summed E-state index contributed by atoms with van der Waals surface area (Å²) in [5.74, 6) is -1.89. The van der Waals surface area contributed by atoms with Gasteiger partial charge in [0, 0.05) is 11.1 Å². The first-order valence-electron chi connectivity index (χ1n) is 6.20. The van der Waals surface area contributed by atoms with Crippen molar-refractivity contribution in [2.45, 2.75) is 26.2 Å². The summed E-state index contributed by atoms with van der Waals surface area (Å²) >= 11 is 0. The number of alkyl halides is 6. The molecule has 0 atom stereocenters. The molecule has 9 heteroatoms. The number of amides is 2. The summed E-state index contributed by atoms with van der Waals surface area (Å²) in [6, 6.07) is 0.621. The minimum absolute atomic E-state index is 0.0269. The van der Waals surface area contributed by atoms with Crippen molar-refractivity contribution in [3.05, 3.63) is 40.5 Å². The summed E-state index contributed by atoms with van der Waals surface area (Å²) < 4.78 is 76.8. The van der Waals surface area contributed by atoms with Gasteiger partial charge in [0.2, 0.25) is 0 Å². The van der Waals surface area contributed by atoms with E-state index < -0.39 is 41.0 Å². The highest BCUT2D eigenvalue weighted by Gasteiger charge is 2.40. The van der Waals surface area contributed by atoms with Gasteiger partial charge >= 0.3 is 12.4 Å². The van der Waals surface area contributed by atoms with Gasteiger partial charge in [0.1, 0.15) is 0 Å². The van der Waals surface area contributed by atoms with E-state index in [4.69, 9.17) is 0 Å². The van der Waals surface area contributed by atoms with Crippen LogP contribution in [0.5, 0.6) is 0 Å². The maximum atomic E-state index is 12.8. The predicted molar refractivity (Wildman–Crippen MR) is 67.3 cm³/mol. The molecule has 1 aromatic carbocycles. The average Bonchev–Trinajstić information content (AvgIpc) is 2.60. The van der Waals surface area contributed by atoms with Crippen molar-refractivity contribution < 1.29 is 35.9 Å². The lowest BCUT2D eigenvalue weighted by atomic mass is 10.1.